The molecule has 416 valence electrons. The Morgan fingerprint density at radius 1 is 0.750 bits per heavy atom. The van der Waals surface area contributed by atoms with Gasteiger partial charge in [0, 0.05) is 41.6 Å². The fourth-order valence-corrected chi connectivity index (χ4v) is 11.4. The van der Waals surface area contributed by atoms with Gasteiger partial charge in [0.25, 0.3) is 26.1 Å². The Bertz CT molecular complexity index is 2980. The van der Waals surface area contributed by atoms with Crippen LogP contribution in [0.1, 0.15) is 84.9 Å². The molecule has 0 radical (unpaired) electrons. The highest BCUT2D eigenvalue weighted by Crippen LogP contribution is 2.53. The number of halogens is 1. The summed E-state index contributed by atoms with van der Waals surface area (Å²) in [4.78, 5) is 60.9. The summed E-state index contributed by atoms with van der Waals surface area (Å²) in [6, 6.07) is 6.56. The molecule has 24 nitrogen and oxygen atoms in total. The lowest BCUT2D eigenvalue weighted by Crippen LogP contribution is -2.41. The quantitative estimate of drug-likeness (QED) is 0.0115. The number of hydrogen-bond acceptors (Lipinski definition) is 17. The lowest BCUT2D eigenvalue weighted by atomic mass is 9.89. The Morgan fingerprint density at radius 2 is 1.37 bits per heavy atom. The molecule has 2 saturated carbocycles. The van der Waals surface area contributed by atoms with Crippen molar-refractivity contribution in [3.63, 3.8) is 0 Å². The predicted molar refractivity (Wildman–Crippen MR) is 280 cm³/mol. The maximum Gasteiger partial charge on any atom is 0.407 e. The molecule has 3 amide bonds. The van der Waals surface area contributed by atoms with E-state index in [4.69, 9.17) is 33.8 Å². The number of aromatic carboxylic acids is 1. The zero-order valence-electron chi connectivity index (χ0n) is 41.3. The van der Waals surface area contributed by atoms with E-state index in [1.807, 2.05) is 0 Å². The summed E-state index contributed by atoms with van der Waals surface area (Å²) >= 11 is 1.45. The van der Waals surface area contributed by atoms with Crippen molar-refractivity contribution in [2.75, 3.05) is 78.3 Å². The number of carbonyl (C=O) groups is 5. The monoisotopic (exact) mass is 1220 g/mol. The lowest BCUT2D eigenvalue weighted by molar-refractivity contribution is -0.139. The van der Waals surface area contributed by atoms with E-state index >= 15 is 0 Å². The number of amides is 3. The number of nitrogens with one attached hydrogen (secondary N) is 3. The van der Waals surface area contributed by atoms with E-state index in [2.05, 4.69) is 19.2 Å². The molecule has 2 aromatic rings. The van der Waals surface area contributed by atoms with Crippen LogP contribution in [-0.4, -0.2) is 145 Å². The van der Waals surface area contributed by atoms with Gasteiger partial charge in [0.05, 0.1) is 98.9 Å². The Kier molecular flexibility index (Phi) is 22.2. The topological polar surface area (TPSA) is 368 Å². The summed E-state index contributed by atoms with van der Waals surface area (Å²) < 4.78 is 108. The molecular weight excluding hydrogens is 1150 g/mol. The van der Waals surface area contributed by atoms with Crippen molar-refractivity contribution in [1.82, 2.24) is 16.0 Å². The van der Waals surface area contributed by atoms with Gasteiger partial charge in [-0.25, -0.2) is 17.6 Å². The molecule has 3 unspecified atom stereocenters. The van der Waals surface area contributed by atoms with Crippen LogP contribution >= 0.6 is 22.9 Å². The molecule has 4 aliphatic rings. The second kappa shape index (κ2) is 28.2. The zero-order chi connectivity index (χ0) is 55.0. The van der Waals surface area contributed by atoms with Crippen molar-refractivity contribution < 1.29 is 88.2 Å². The van der Waals surface area contributed by atoms with E-state index in [9.17, 15) is 60.1 Å². The number of carboxylic acids is 2. The van der Waals surface area contributed by atoms with Crippen LogP contribution in [0.15, 0.2) is 59.9 Å². The second-order valence-electron chi connectivity index (χ2n) is 18.1. The summed E-state index contributed by atoms with van der Waals surface area (Å²) in [5.41, 5.74) is 3.22. The SMILES string of the molecule is Nc1ccc2c(-c3ccc(C(=O)NC(CCCCNC(=O)CCOCCOCCOCCOCCNC(=O)OCC4C5CCCCCCC54)C(=O)O)cc3C(=O)O)c3ccc(=NI)c(S(=O)(=O)O)c-3oc2c1S(=O)(=O)O. The van der Waals surface area contributed by atoms with E-state index in [1.54, 1.807) is 0 Å². The highest BCUT2D eigenvalue weighted by Gasteiger charge is 2.49. The summed E-state index contributed by atoms with van der Waals surface area (Å²) in [6.45, 7) is 3.46. The van der Waals surface area contributed by atoms with Gasteiger partial charge in [0.1, 0.15) is 6.04 Å². The number of nitrogens with two attached hydrogens (primary N) is 1. The van der Waals surface area contributed by atoms with Crippen molar-refractivity contribution in [2.24, 2.45) is 21.0 Å². The number of anilines is 1. The highest BCUT2D eigenvalue weighted by atomic mass is 127. The van der Waals surface area contributed by atoms with E-state index in [-0.39, 0.29) is 84.5 Å². The first-order chi connectivity index (χ1) is 36.3. The van der Waals surface area contributed by atoms with Gasteiger partial charge in [0.2, 0.25) is 5.91 Å². The minimum Gasteiger partial charge on any atom is -0.480 e. The zero-order valence-corrected chi connectivity index (χ0v) is 45.1. The number of carboxylic acid groups (broad SMARTS) is 2. The molecule has 3 aliphatic carbocycles. The number of ether oxygens (including phenoxy) is 5. The Balaban J connectivity index is 0.879. The van der Waals surface area contributed by atoms with Gasteiger partial charge in [-0.15, -0.1) is 0 Å². The molecule has 1 aliphatic heterocycles. The first-order valence-corrected chi connectivity index (χ1v) is 28.5. The highest BCUT2D eigenvalue weighted by molar-refractivity contribution is 14.1. The molecule has 0 saturated heterocycles. The predicted octanol–water partition coefficient (Wildman–Crippen LogP) is 5.10. The van der Waals surface area contributed by atoms with Gasteiger partial charge in [0.15, 0.2) is 21.1 Å². The smallest absolute Gasteiger partial charge is 0.407 e. The molecule has 0 bridgehead atoms. The third-order valence-corrected chi connectivity index (χ3v) is 15.4. The molecule has 3 atom stereocenters. The second-order valence-corrected chi connectivity index (χ2v) is 21.3. The average molecular weight is 1220 g/mol. The van der Waals surface area contributed by atoms with Gasteiger partial charge >= 0.3 is 18.0 Å². The molecule has 0 aromatic heterocycles. The first-order valence-electron chi connectivity index (χ1n) is 24.6. The van der Waals surface area contributed by atoms with Crippen molar-refractivity contribution >= 4 is 89.6 Å². The van der Waals surface area contributed by atoms with Crippen molar-refractivity contribution in [3.05, 3.63) is 58.9 Å². The van der Waals surface area contributed by atoms with E-state index in [0.29, 0.717) is 58.5 Å². The molecule has 76 heavy (non-hydrogen) atoms. The summed E-state index contributed by atoms with van der Waals surface area (Å²) in [5, 5.41) is 27.6. The molecule has 27 heteroatoms. The van der Waals surface area contributed by atoms with Gasteiger partial charge in [-0.1, -0.05) is 31.7 Å². The summed E-state index contributed by atoms with van der Waals surface area (Å²) in [7, 11) is -10.4. The Labute approximate surface area is 452 Å². The van der Waals surface area contributed by atoms with Gasteiger partial charge in [-0.2, -0.15) is 16.8 Å². The molecular formula is C49H62IN5O19S2. The fraction of sp³-hybridized carbons (Fsp3) is 0.510. The number of nitrogens with zero attached hydrogens (tertiary/aromatic N) is 1. The number of nitrogen functional groups attached to an aromatic ring is 1. The van der Waals surface area contributed by atoms with Crippen LogP contribution in [0.4, 0.5) is 10.5 Å². The van der Waals surface area contributed by atoms with Crippen LogP contribution in [0.5, 0.6) is 0 Å². The number of carbonyl (C=O) groups excluding carboxylic acids is 3. The van der Waals surface area contributed by atoms with Gasteiger partial charge < -0.3 is 60.0 Å². The lowest BCUT2D eigenvalue weighted by Gasteiger charge is -2.20. The van der Waals surface area contributed by atoms with Crippen LogP contribution in [0.25, 0.3) is 33.4 Å². The number of rotatable bonds is 29. The molecule has 1 heterocycles. The first kappa shape index (κ1) is 59.7. The van der Waals surface area contributed by atoms with Crippen LogP contribution < -0.4 is 27.0 Å². The van der Waals surface area contributed by atoms with Crippen molar-refractivity contribution in [3.8, 4) is 22.5 Å². The minimum atomic E-state index is -5.20. The maximum atomic E-state index is 13.5. The summed E-state index contributed by atoms with van der Waals surface area (Å²) in [6.07, 6.45) is 7.87. The van der Waals surface area contributed by atoms with Crippen LogP contribution in [0.3, 0.4) is 0 Å². The third kappa shape index (κ3) is 16.5. The number of benzene rings is 3. The number of fused-ring (bicyclic) bond motifs is 3. The average Bonchev–Trinajstić information content (AvgIpc) is 4.12. The Morgan fingerprint density at radius 3 is 1.97 bits per heavy atom. The van der Waals surface area contributed by atoms with E-state index in [0.717, 1.165) is 36.1 Å². The number of hydrogen-bond donors (Lipinski definition) is 8. The van der Waals surface area contributed by atoms with Crippen molar-refractivity contribution in [1.29, 1.82) is 0 Å². The number of aliphatic carboxylic acids is 1. The van der Waals surface area contributed by atoms with E-state index in [1.165, 1.54) is 79.6 Å². The normalized spacial score (nSPS) is 17.3. The third-order valence-electron chi connectivity index (χ3n) is 13.1. The molecule has 2 fully saturated rings. The van der Waals surface area contributed by atoms with Gasteiger partial charge in [-0.05, 0) is 91.8 Å². The molecule has 0 spiro atoms. The van der Waals surface area contributed by atoms with Gasteiger partial charge in [-0.3, -0.25) is 18.7 Å². The van der Waals surface area contributed by atoms with Crippen LogP contribution in [0.2, 0.25) is 0 Å². The van der Waals surface area contributed by atoms with E-state index < -0.39 is 82.6 Å². The fourth-order valence-electron chi connectivity index (χ4n) is 9.33. The summed E-state index contributed by atoms with van der Waals surface area (Å²) in [5.74, 6) is -2.99. The van der Waals surface area contributed by atoms with Crippen LogP contribution in [0, 0.1) is 17.8 Å². The number of unbranched alkanes of at least 4 members (excludes halogenated alkanes) is 1. The largest absolute Gasteiger partial charge is 0.480 e. The Hall–Kier alpha value is -5.53. The minimum absolute atomic E-state index is 0.0626. The maximum absolute atomic E-state index is 13.5. The van der Waals surface area contributed by atoms with Crippen LogP contribution in [-0.2, 0) is 53.5 Å². The molecule has 9 N–H and O–H groups in total. The standard InChI is InChI=1S/C49H62IN5O19S2/c50-55-38-15-13-34-41(33-12-14-37(51)44(75(63,64)65)42(33)74-43(34)45(38)76(66,67)68)32-11-10-29(27-35(32)47(58)59)46(57)54-39(48(60)61)9-5-6-17-52-40(56)16-19-69-21-23-71-25-26-72-24-22-70-20-18-53-49(62)73-28-36-30-7-3-1-2-4-8-31(30)36/h10-15,27,30-31,36,39H,1-9,16-26,28,51H2,(H,52,56)(H,53,62)(H,54,57)(H,58,59)(H,60,61)(H,63,64,65)(H,66,67,68). The molecule has 2 aromatic carbocycles. The molecule has 6 rings (SSSR count). The number of alkyl carbamates (subject to hydrolysis) is 1. The van der Waals surface area contributed by atoms with Crippen molar-refractivity contribution in [2.45, 2.75) is 80.0 Å².